The molecule has 1 N–H and O–H groups in total. The van der Waals surface area contributed by atoms with Crippen molar-refractivity contribution < 1.29 is 4.79 Å². The number of carbonyl (C=O) groups is 1. The van der Waals surface area contributed by atoms with Crippen LogP contribution >= 0.6 is 15.9 Å². The lowest BCUT2D eigenvalue weighted by atomic mass is 9.90. The number of pyridine rings is 1. The van der Waals surface area contributed by atoms with Crippen LogP contribution < -0.4 is 5.56 Å². The third-order valence-electron chi connectivity index (χ3n) is 6.41. The number of hydrogen-bond acceptors (Lipinski definition) is 3. The van der Waals surface area contributed by atoms with Gasteiger partial charge in [-0.25, -0.2) is 5.01 Å². The second-order valence-corrected chi connectivity index (χ2v) is 9.84. The molecule has 0 bridgehead atoms. The lowest BCUT2D eigenvalue weighted by Crippen LogP contribution is -2.26. The molecule has 6 heteroatoms. The molecule has 1 atom stereocenters. The van der Waals surface area contributed by atoms with E-state index in [4.69, 9.17) is 5.10 Å². The number of nitrogens with one attached hydrogen (secondary N) is 1. The number of aryl methyl sites for hydroxylation is 1. The number of benzene rings is 3. The number of halogens is 1. The van der Waals surface area contributed by atoms with Gasteiger partial charge in [-0.05, 0) is 48.7 Å². The molecule has 0 spiro atoms. The number of amides is 1. The topological polar surface area (TPSA) is 65.5 Å². The van der Waals surface area contributed by atoms with Gasteiger partial charge in [-0.2, -0.15) is 5.10 Å². The van der Waals surface area contributed by atoms with Crippen LogP contribution in [0.1, 0.15) is 48.9 Å². The van der Waals surface area contributed by atoms with E-state index in [0.29, 0.717) is 24.1 Å². The smallest absolute Gasteiger partial charge is 0.258 e. The molecule has 0 fully saturated rings. The Morgan fingerprint density at radius 3 is 2.51 bits per heavy atom. The molecule has 0 aliphatic carbocycles. The normalized spacial score (nSPS) is 15.5. The predicted octanol–water partition coefficient (Wildman–Crippen LogP) is 6.74. The first-order chi connectivity index (χ1) is 17.0. The molecule has 1 aliphatic rings. The summed E-state index contributed by atoms with van der Waals surface area (Å²) in [6.45, 7) is 4.03. The van der Waals surface area contributed by atoms with Crippen LogP contribution in [0.2, 0.25) is 0 Å². The van der Waals surface area contributed by atoms with E-state index in [-0.39, 0.29) is 17.5 Å². The van der Waals surface area contributed by atoms with Crippen LogP contribution in [0.15, 0.2) is 87.2 Å². The van der Waals surface area contributed by atoms with Gasteiger partial charge in [0, 0.05) is 33.8 Å². The van der Waals surface area contributed by atoms with Crippen molar-refractivity contribution in [2.75, 3.05) is 0 Å². The van der Waals surface area contributed by atoms with E-state index in [1.54, 1.807) is 5.01 Å². The molecule has 5 rings (SSSR count). The number of hydrazone groups is 1. The third kappa shape index (κ3) is 4.46. The highest BCUT2D eigenvalue weighted by Gasteiger charge is 2.35. The first kappa shape index (κ1) is 23.2. The summed E-state index contributed by atoms with van der Waals surface area (Å²) >= 11 is 3.49. The summed E-state index contributed by atoms with van der Waals surface area (Å²) in [5, 5.41) is 7.35. The third-order valence-corrected chi connectivity index (χ3v) is 6.93. The first-order valence-corrected chi connectivity index (χ1v) is 12.6. The van der Waals surface area contributed by atoms with Crippen molar-refractivity contribution in [3.05, 3.63) is 104 Å². The van der Waals surface area contributed by atoms with Crippen LogP contribution in [0.5, 0.6) is 0 Å². The molecule has 1 aromatic heterocycles. The predicted molar refractivity (Wildman–Crippen MR) is 145 cm³/mol. The van der Waals surface area contributed by atoms with Crippen molar-refractivity contribution >= 4 is 38.5 Å². The number of hydrogen-bond donors (Lipinski definition) is 1. The maximum Gasteiger partial charge on any atom is 0.258 e. The summed E-state index contributed by atoms with van der Waals surface area (Å²) in [5.74, 6) is -0.0373. The fourth-order valence-corrected chi connectivity index (χ4v) is 5.02. The number of carbonyl (C=O) groups excluding carboxylic acids is 1. The molecule has 0 saturated carbocycles. The second-order valence-electron chi connectivity index (χ2n) is 8.93. The van der Waals surface area contributed by atoms with Crippen LogP contribution in [0.25, 0.3) is 22.0 Å². The van der Waals surface area contributed by atoms with Crippen molar-refractivity contribution in [2.45, 2.75) is 39.2 Å². The molecule has 0 radical (unpaired) electrons. The van der Waals surface area contributed by atoms with Gasteiger partial charge in [0.1, 0.15) is 0 Å². The van der Waals surface area contributed by atoms with Crippen LogP contribution in [0.4, 0.5) is 0 Å². The molecule has 176 valence electrons. The molecule has 3 aromatic carbocycles. The number of rotatable bonds is 5. The van der Waals surface area contributed by atoms with E-state index < -0.39 is 0 Å². The summed E-state index contributed by atoms with van der Waals surface area (Å²) in [6, 6.07) is 23.7. The Labute approximate surface area is 212 Å². The minimum absolute atomic E-state index is 0.0373. The highest BCUT2D eigenvalue weighted by molar-refractivity contribution is 9.10. The average molecular weight is 528 g/mol. The lowest BCUT2D eigenvalue weighted by Gasteiger charge is -2.22. The van der Waals surface area contributed by atoms with Gasteiger partial charge in [0.05, 0.1) is 17.3 Å². The van der Waals surface area contributed by atoms with E-state index in [0.717, 1.165) is 44.1 Å². The van der Waals surface area contributed by atoms with Gasteiger partial charge < -0.3 is 4.98 Å². The quantitative estimate of drug-likeness (QED) is 0.312. The van der Waals surface area contributed by atoms with Gasteiger partial charge in [-0.3, -0.25) is 9.59 Å². The lowest BCUT2D eigenvalue weighted by molar-refractivity contribution is -0.133. The number of aromatic nitrogens is 1. The Balaban J connectivity index is 1.72. The Hall–Kier alpha value is -3.51. The molecule has 4 aromatic rings. The molecule has 35 heavy (non-hydrogen) atoms. The van der Waals surface area contributed by atoms with Crippen LogP contribution in [-0.4, -0.2) is 21.6 Å². The van der Waals surface area contributed by atoms with E-state index in [2.05, 4.69) is 27.0 Å². The van der Waals surface area contributed by atoms with Gasteiger partial charge in [0.15, 0.2) is 0 Å². The minimum atomic E-state index is -0.256. The zero-order valence-electron chi connectivity index (χ0n) is 19.7. The largest absolute Gasteiger partial charge is 0.321 e. The molecule has 5 nitrogen and oxygen atoms in total. The Morgan fingerprint density at radius 1 is 1.06 bits per heavy atom. The van der Waals surface area contributed by atoms with E-state index in [1.807, 2.05) is 80.6 Å². The zero-order valence-corrected chi connectivity index (χ0v) is 21.3. The van der Waals surface area contributed by atoms with Crippen molar-refractivity contribution in [2.24, 2.45) is 5.10 Å². The molecule has 1 aliphatic heterocycles. The first-order valence-electron chi connectivity index (χ1n) is 11.8. The molecule has 2 heterocycles. The fraction of sp³-hybridized carbons (Fsp3) is 0.207. The molecular formula is C29H26BrN3O2. The van der Waals surface area contributed by atoms with Crippen molar-refractivity contribution in [1.82, 2.24) is 9.99 Å². The van der Waals surface area contributed by atoms with E-state index in [1.165, 1.54) is 0 Å². The fourth-order valence-electron chi connectivity index (χ4n) is 4.75. The standard InChI is InChI=1S/C29H26BrN3O2/c1-3-7-26(34)33-25(19-11-13-21(30)14-12-19)17-24(32-33)28-27(20-8-5-4-6-9-20)22-16-18(2)10-15-23(22)31-29(28)35/h4-6,8-16,25H,3,7,17H2,1-2H3,(H,31,35)/t25-/m1/s1. The van der Waals surface area contributed by atoms with Crippen molar-refractivity contribution in [3.63, 3.8) is 0 Å². The molecule has 0 unspecified atom stereocenters. The summed E-state index contributed by atoms with van der Waals surface area (Å²) < 4.78 is 0.972. The summed E-state index contributed by atoms with van der Waals surface area (Å²) in [7, 11) is 0. The Kier molecular flexibility index (Phi) is 6.39. The minimum Gasteiger partial charge on any atom is -0.321 e. The number of H-pyrrole nitrogens is 1. The van der Waals surface area contributed by atoms with Crippen molar-refractivity contribution in [1.29, 1.82) is 0 Å². The SMILES string of the molecule is CCCC(=O)N1N=C(c2c(-c3ccccc3)c3cc(C)ccc3[nH]c2=O)C[C@@H]1c1ccc(Br)cc1. The average Bonchev–Trinajstić information content (AvgIpc) is 3.30. The van der Waals surface area contributed by atoms with Gasteiger partial charge in [0.25, 0.3) is 5.56 Å². The monoisotopic (exact) mass is 527 g/mol. The molecule has 0 saturated heterocycles. The Bertz CT molecular complexity index is 1490. The van der Waals surface area contributed by atoms with Gasteiger partial charge in [-0.1, -0.05) is 76.9 Å². The van der Waals surface area contributed by atoms with Crippen LogP contribution in [0, 0.1) is 6.92 Å². The zero-order chi connectivity index (χ0) is 24.5. The maximum atomic E-state index is 13.5. The van der Waals surface area contributed by atoms with E-state index in [9.17, 15) is 9.59 Å². The highest BCUT2D eigenvalue weighted by Crippen LogP contribution is 2.37. The summed E-state index contributed by atoms with van der Waals surface area (Å²) in [4.78, 5) is 29.7. The summed E-state index contributed by atoms with van der Waals surface area (Å²) in [6.07, 6.45) is 1.61. The van der Waals surface area contributed by atoms with Crippen molar-refractivity contribution in [3.8, 4) is 11.1 Å². The number of nitrogens with zero attached hydrogens (tertiary/aromatic N) is 2. The highest BCUT2D eigenvalue weighted by atomic mass is 79.9. The number of aromatic amines is 1. The van der Waals surface area contributed by atoms with Gasteiger partial charge in [0.2, 0.25) is 5.91 Å². The summed E-state index contributed by atoms with van der Waals surface area (Å²) in [5.41, 5.74) is 5.65. The molecule has 1 amide bonds. The Morgan fingerprint density at radius 2 is 1.80 bits per heavy atom. The van der Waals surface area contributed by atoms with E-state index >= 15 is 0 Å². The van der Waals surface area contributed by atoms with Crippen LogP contribution in [0.3, 0.4) is 0 Å². The maximum absolute atomic E-state index is 13.5. The van der Waals surface area contributed by atoms with Gasteiger partial charge in [-0.15, -0.1) is 0 Å². The van der Waals surface area contributed by atoms with Gasteiger partial charge >= 0.3 is 0 Å². The van der Waals surface area contributed by atoms with Crippen LogP contribution in [-0.2, 0) is 4.79 Å². The number of fused-ring (bicyclic) bond motifs is 1. The second kappa shape index (κ2) is 9.62. The molecular weight excluding hydrogens is 502 g/mol.